The zero-order chi connectivity index (χ0) is 11.6. The van der Waals surface area contributed by atoms with Gasteiger partial charge in [0.05, 0.1) is 4.92 Å². The van der Waals surface area contributed by atoms with Crippen LogP contribution >= 0.6 is 11.6 Å². The first-order valence-electron chi connectivity index (χ1n) is 4.04. The van der Waals surface area contributed by atoms with E-state index < -0.39 is 4.92 Å². The number of nitrogens with zero attached hydrogens (tertiary/aromatic N) is 4. The van der Waals surface area contributed by atoms with Gasteiger partial charge in [-0.25, -0.2) is 9.99 Å². The Hall–Kier alpha value is -1.47. The van der Waals surface area contributed by atoms with Crippen LogP contribution in [0.25, 0.3) is 0 Å². The van der Waals surface area contributed by atoms with Crippen LogP contribution in [0.2, 0.25) is 5.28 Å². The molecule has 0 aliphatic heterocycles. The van der Waals surface area contributed by atoms with Crippen molar-refractivity contribution < 1.29 is 4.92 Å². The monoisotopic (exact) mass is 231 g/mol. The highest BCUT2D eigenvalue weighted by atomic mass is 35.5. The van der Waals surface area contributed by atoms with Gasteiger partial charge in [-0.3, -0.25) is 15.5 Å². The Morgan fingerprint density at radius 2 is 2.07 bits per heavy atom. The molecule has 0 aliphatic rings. The maximum atomic E-state index is 10.8. The van der Waals surface area contributed by atoms with Crippen LogP contribution in [0.3, 0.4) is 0 Å². The van der Waals surface area contributed by atoms with Gasteiger partial charge in [-0.2, -0.15) is 4.98 Å². The first-order valence-corrected chi connectivity index (χ1v) is 4.42. The molecule has 0 radical (unpaired) electrons. The number of hydrazine groups is 1. The van der Waals surface area contributed by atoms with Crippen LogP contribution in [0.4, 0.5) is 11.5 Å². The molecule has 7 nitrogen and oxygen atoms in total. The third-order valence-corrected chi connectivity index (χ3v) is 1.71. The molecule has 1 heterocycles. The van der Waals surface area contributed by atoms with E-state index in [0.717, 1.165) is 0 Å². The highest BCUT2D eigenvalue weighted by molar-refractivity contribution is 6.28. The van der Waals surface area contributed by atoms with E-state index in [1.165, 1.54) is 11.9 Å². The molecule has 0 fully saturated rings. The van der Waals surface area contributed by atoms with Crippen molar-refractivity contribution in [3.8, 4) is 0 Å². The molecule has 0 saturated carbocycles. The van der Waals surface area contributed by atoms with Gasteiger partial charge in [0, 0.05) is 14.1 Å². The summed E-state index contributed by atoms with van der Waals surface area (Å²) >= 11 is 5.61. The second kappa shape index (κ2) is 4.37. The summed E-state index contributed by atoms with van der Waals surface area (Å²) in [6, 6.07) is 0. The van der Waals surface area contributed by atoms with Crippen molar-refractivity contribution in [1.82, 2.24) is 15.0 Å². The topological polar surface area (TPSA) is 84.2 Å². The summed E-state index contributed by atoms with van der Waals surface area (Å²) in [7, 11) is 3.38. The number of halogens is 1. The summed E-state index contributed by atoms with van der Waals surface area (Å²) < 4.78 is 0. The molecule has 82 valence electrons. The second-order valence-electron chi connectivity index (χ2n) is 3.04. The van der Waals surface area contributed by atoms with Gasteiger partial charge in [0.1, 0.15) is 5.69 Å². The van der Waals surface area contributed by atoms with E-state index in [0.29, 0.717) is 0 Å². The predicted octanol–water partition coefficient (Wildman–Crippen LogP) is 1.24. The molecule has 8 heteroatoms. The Balaban J connectivity index is 3.27. The van der Waals surface area contributed by atoms with Crippen LogP contribution in [0.1, 0.15) is 5.69 Å². The fraction of sp³-hybridized carbons (Fsp3) is 0.429. The minimum atomic E-state index is -0.544. The van der Waals surface area contributed by atoms with Crippen LogP contribution in [-0.4, -0.2) is 34.0 Å². The second-order valence-corrected chi connectivity index (χ2v) is 3.38. The number of hydrogen-bond donors (Lipinski definition) is 1. The third kappa shape index (κ3) is 2.74. The molecular weight excluding hydrogens is 222 g/mol. The van der Waals surface area contributed by atoms with Gasteiger partial charge < -0.3 is 0 Å². The Morgan fingerprint density at radius 1 is 1.47 bits per heavy atom. The quantitative estimate of drug-likeness (QED) is 0.479. The molecule has 1 aromatic heterocycles. The molecule has 0 atom stereocenters. The van der Waals surface area contributed by atoms with Crippen LogP contribution in [0.15, 0.2) is 0 Å². The van der Waals surface area contributed by atoms with Crippen LogP contribution in [0.5, 0.6) is 0 Å². The number of hydrogen-bond acceptors (Lipinski definition) is 6. The maximum absolute atomic E-state index is 10.8. The Bertz CT molecular complexity index is 395. The van der Waals surface area contributed by atoms with Gasteiger partial charge in [0.15, 0.2) is 0 Å². The third-order valence-electron chi connectivity index (χ3n) is 1.54. The molecule has 0 spiro atoms. The first-order chi connectivity index (χ1) is 6.91. The fourth-order valence-electron chi connectivity index (χ4n) is 1.04. The molecule has 0 aromatic carbocycles. The number of aryl methyl sites for hydroxylation is 1. The fourth-order valence-corrected chi connectivity index (χ4v) is 1.25. The Kier molecular flexibility index (Phi) is 3.38. The van der Waals surface area contributed by atoms with Crippen molar-refractivity contribution >= 4 is 23.1 Å². The van der Waals surface area contributed by atoms with Crippen molar-refractivity contribution in [3.63, 3.8) is 0 Å². The van der Waals surface area contributed by atoms with Gasteiger partial charge in [-0.1, -0.05) is 0 Å². The Labute approximate surface area is 91.2 Å². The molecule has 0 bridgehead atoms. The van der Waals surface area contributed by atoms with Gasteiger partial charge >= 0.3 is 5.69 Å². The molecule has 0 aliphatic carbocycles. The van der Waals surface area contributed by atoms with E-state index in [1.807, 2.05) is 0 Å². The van der Waals surface area contributed by atoms with Crippen molar-refractivity contribution in [1.29, 1.82) is 0 Å². The van der Waals surface area contributed by atoms with Crippen molar-refractivity contribution in [2.24, 2.45) is 0 Å². The maximum Gasteiger partial charge on any atom is 0.333 e. The van der Waals surface area contributed by atoms with Crippen molar-refractivity contribution in [3.05, 3.63) is 21.1 Å². The summed E-state index contributed by atoms with van der Waals surface area (Å²) in [6.07, 6.45) is 0. The molecule has 0 amide bonds. The van der Waals surface area contributed by atoms with Gasteiger partial charge in [-0.05, 0) is 18.5 Å². The largest absolute Gasteiger partial charge is 0.333 e. The van der Waals surface area contributed by atoms with E-state index in [1.54, 1.807) is 14.1 Å². The zero-order valence-corrected chi connectivity index (χ0v) is 9.24. The molecule has 15 heavy (non-hydrogen) atoms. The predicted molar refractivity (Wildman–Crippen MR) is 55.7 cm³/mol. The van der Waals surface area contributed by atoms with Crippen LogP contribution < -0.4 is 5.43 Å². The van der Waals surface area contributed by atoms with E-state index >= 15 is 0 Å². The smallest absolute Gasteiger partial charge is 0.298 e. The lowest BCUT2D eigenvalue weighted by molar-refractivity contribution is -0.385. The molecule has 1 aromatic rings. The van der Waals surface area contributed by atoms with Crippen molar-refractivity contribution in [2.75, 3.05) is 19.5 Å². The molecule has 0 unspecified atom stereocenters. The lowest BCUT2D eigenvalue weighted by Gasteiger charge is -2.12. The lowest BCUT2D eigenvalue weighted by atomic mass is 10.3. The number of rotatable bonds is 3. The van der Waals surface area contributed by atoms with E-state index in [2.05, 4.69) is 15.4 Å². The zero-order valence-electron chi connectivity index (χ0n) is 8.48. The average molecular weight is 232 g/mol. The SMILES string of the molecule is Cc1nc(Cl)nc(NN(C)C)c1[N+](=O)[O-]. The van der Waals surface area contributed by atoms with Crippen molar-refractivity contribution in [2.45, 2.75) is 6.92 Å². The van der Waals surface area contributed by atoms with Crippen LogP contribution in [-0.2, 0) is 0 Å². The Morgan fingerprint density at radius 3 is 2.53 bits per heavy atom. The molecule has 1 N–H and O–H groups in total. The number of nitro groups is 1. The highest BCUT2D eigenvalue weighted by Gasteiger charge is 2.21. The molecule has 1 rings (SSSR count). The summed E-state index contributed by atoms with van der Waals surface area (Å²) in [5.74, 6) is 0.0856. The number of nitrogens with one attached hydrogen (secondary N) is 1. The minimum absolute atomic E-state index is 0.0255. The van der Waals surface area contributed by atoms with Gasteiger partial charge in [-0.15, -0.1) is 0 Å². The van der Waals surface area contributed by atoms with E-state index in [-0.39, 0.29) is 22.5 Å². The van der Waals surface area contributed by atoms with Gasteiger partial charge in [0.25, 0.3) is 0 Å². The van der Waals surface area contributed by atoms with Gasteiger partial charge in [0.2, 0.25) is 11.1 Å². The normalized spacial score (nSPS) is 10.5. The summed E-state index contributed by atoms with van der Waals surface area (Å²) in [6.45, 7) is 1.51. The highest BCUT2D eigenvalue weighted by Crippen LogP contribution is 2.26. The minimum Gasteiger partial charge on any atom is -0.298 e. The lowest BCUT2D eigenvalue weighted by Crippen LogP contribution is -2.21. The number of aromatic nitrogens is 2. The summed E-state index contributed by atoms with van der Waals surface area (Å²) in [4.78, 5) is 17.7. The summed E-state index contributed by atoms with van der Waals surface area (Å²) in [5, 5.41) is 12.3. The first kappa shape index (κ1) is 11.6. The molecular formula is C7H10ClN5O2. The van der Waals surface area contributed by atoms with E-state index in [4.69, 9.17) is 11.6 Å². The van der Waals surface area contributed by atoms with Crippen LogP contribution in [0, 0.1) is 17.0 Å². The average Bonchev–Trinajstić information content (AvgIpc) is 1.99. The van der Waals surface area contributed by atoms with E-state index in [9.17, 15) is 10.1 Å². The summed E-state index contributed by atoms with van der Waals surface area (Å²) in [5.41, 5.74) is 2.75. The molecule has 0 saturated heterocycles. The standard InChI is InChI=1S/C7H10ClN5O2/c1-4-5(13(14)15)6(11-12(2)3)10-7(8)9-4/h1-3H3,(H,9,10,11). The number of anilines is 1.